The molecule has 1 fully saturated rings. The van der Waals surface area contributed by atoms with E-state index >= 15 is 0 Å². The van der Waals surface area contributed by atoms with Gasteiger partial charge in [-0.05, 0) is 48.1 Å². The van der Waals surface area contributed by atoms with E-state index in [1.807, 2.05) is 12.1 Å². The molecule has 1 amide bonds. The number of carbonyl (C=O) groups is 1. The van der Waals surface area contributed by atoms with Crippen LogP contribution in [0.25, 0.3) is 11.0 Å². The number of benzene rings is 1. The quantitative estimate of drug-likeness (QED) is 0.879. The van der Waals surface area contributed by atoms with E-state index in [4.69, 9.17) is 0 Å². The number of carbonyl (C=O) groups excluding carboxylic acids is 1. The molecule has 5 heteroatoms. The van der Waals surface area contributed by atoms with Gasteiger partial charge in [-0.3, -0.25) is 14.8 Å². The Labute approximate surface area is 161 Å². The van der Waals surface area contributed by atoms with Crippen LogP contribution in [-0.4, -0.2) is 21.9 Å². The highest BCUT2D eigenvalue weighted by atomic mass is 16.1. The van der Waals surface area contributed by atoms with Crippen molar-refractivity contribution in [1.29, 1.82) is 5.26 Å². The Hall–Kier alpha value is -2.48. The second-order valence-corrected chi connectivity index (χ2v) is 9.08. The van der Waals surface area contributed by atoms with Crippen LogP contribution in [0.3, 0.4) is 0 Å². The van der Waals surface area contributed by atoms with Gasteiger partial charge in [0.25, 0.3) is 0 Å². The van der Waals surface area contributed by atoms with Crippen molar-refractivity contribution in [3.8, 4) is 6.07 Å². The van der Waals surface area contributed by atoms with E-state index in [-0.39, 0.29) is 17.4 Å². The first-order valence-electron chi connectivity index (χ1n) is 9.70. The van der Waals surface area contributed by atoms with E-state index in [2.05, 4.69) is 49.0 Å². The fraction of sp³-hybridized carbons (Fsp3) is 0.545. The maximum atomic E-state index is 12.4. The first-order valence-corrected chi connectivity index (χ1v) is 9.70. The lowest BCUT2D eigenvalue weighted by Gasteiger charge is -2.35. The van der Waals surface area contributed by atoms with E-state index in [9.17, 15) is 10.1 Å². The van der Waals surface area contributed by atoms with Crippen molar-refractivity contribution in [3.63, 3.8) is 0 Å². The SMILES string of the molecule is C[C@H]1C[C@@H](NC(=O)CC(C)(C)C)C[C@@H](c2ccc(C#N)c3nccnc23)C1. The average molecular weight is 364 g/mol. The lowest BCUT2D eigenvalue weighted by atomic mass is 9.75. The summed E-state index contributed by atoms with van der Waals surface area (Å²) in [5, 5.41) is 12.6. The second kappa shape index (κ2) is 7.64. The van der Waals surface area contributed by atoms with Gasteiger partial charge in [0.2, 0.25) is 5.91 Å². The molecule has 0 unspecified atom stereocenters. The summed E-state index contributed by atoms with van der Waals surface area (Å²) in [5.41, 5.74) is 3.17. The second-order valence-electron chi connectivity index (χ2n) is 9.08. The Bertz CT molecular complexity index is 878. The molecule has 0 spiro atoms. The number of rotatable bonds is 3. The average Bonchev–Trinajstić information content (AvgIpc) is 2.58. The molecule has 1 aromatic heterocycles. The van der Waals surface area contributed by atoms with Crippen molar-refractivity contribution in [2.45, 2.75) is 65.3 Å². The van der Waals surface area contributed by atoms with E-state index in [1.54, 1.807) is 12.4 Å². The third-order valence-electron chi connectivity index (χ3n) is 5.22. The van der Waals surface area contributed by atoms with Crippen LogP contribution in [0.5, 0.6) is 0 Å². The lowest BCUT2D eigenvalue weighted by Crippen LogP contribution is -2.41. The molecule has 0 saturated heterocycles. The number of nitrogens with one attached hydrogen (secondary N) is 1. The maximum Gasteiger partial charge on any atom is 0.220 e. The number of aromatic nitrogens is 2. The predicted octanol–water partition coefficient (Wildman–Crippen LogP) is 4.33. The van der Waals surface area contributed by atoms with E-state index < -0.39 is 0 Å². The first-order chi connectivity index (χ1) is 12.8. The fourth-order valence-electron chi connectivity index (χ4n) is 4.23. The molecule has 0 radical (unpaired) electrons. The zero-order chi connectivity index (χ0) is 19.6. The van der Waals surface area contributed by atoms with Crippen LogP contribution >= 0.6 is 0 Å². The zero-order valence-electron chi connectivity index (χ0n) is 16.6. The third kappa shape index (κ3) is 4.63. The van der Waals surface area contributed by atoms with E-state index in [0.29, 0.717) is 29.3 Å². The summed E-state index contributed by atoms with van der Waals surface area (Å²) >= 11 is 0. The van der Waals surface area contributed by atoms with Gasteiger partial charge in [-0.15, -0.1) is 0 Å². The molecular formula is C22H28N4O. The lowest BCUT2D eigenvalue weighted by molar-refractivity contribution is -0.123. The molecule has 0 aliphatic heterocycles. The minimum atomic E-state index is -0.0112. The van der Waals surface area contributed by atoms with Crippen LogP contribution < -0.4 is 5.32 Å². The van der Waals surface area contributed by atoms with Gasteiger partial charge in [0, 0.05) is 24.9 Å². The Morgan fingerprint density at radius 1 is 1.19 bits per heavy atom. The number of hydrogen-bond acceptors (Lipinski definition) is 4. The molecule has 142 valence electrons. The summed E-state index contributed by atoms with van der Waals surface area (Å²) in [5.74, 6) is 0.955. The summed E-state index contributed by atoms with van der Waals surface area (Å²) in [6.07, 6.45) is 6.81. The van der Waals surface area contributed by atoms with E-state index in [1.165, 1.54) is 0 Å². The molecule has 1 aliphatic carbocycles. The summed E-state index contributed by atoms with van der Waals surface area (Å²) in [7, 11) is 0. The van der Waals surface area contributed by atoms with Crippen molar-refractivity contribution < 1.29 is 4.79 Å². The van der Waals surface area contributed by atoms with Crippen LogP contribution in [0.15, 0.2) is 24.5 Å². The Morgan fingerprint density at radius 2 is 1.89 bits per heavy atom. The van der Waals surface area contributed by atoms with Gasteiger partial charge < -0.3 is 5.32 Å². The van der Waals surface area contributed by atoms with Crippen LogP contribution in [0.1, 0.15) is 70.4 Å². The van der Waals surface area contributed by atoms with Crippen molar-refractivity contribution >= 4 is 16.9 Å². The van der Waals surface area contributed by atoms with Gasteiger partial charge in [-0.1, -0.05) is 33.8 Å². The first kappa shape index (κ1) is 19.3. The zero-order valence-corrected chi connectivity index (χ0v) is 16.6. The highest BCUT2D eigenvalue weighted by Crippen LogP contribution is 2.39. The van der Waals surface area contributed by atoms with Gasteiger partial charge in [0.1, 0.15) is 11.6 Å². The van der Waals surface area contributed by atoms with Crippen molar-refractivity contribution in [2.75, 3.05) is 0 Å². The fourth-order valence-corrected chi connectivity index (χ4v) is 4.23. The van der Waals surface area contributed by atoms with Crippen LogP contribution in [0.2, 0.25) is 0 Å². The minimum absolute atomic E-state index is 0.0112. The Morgan fingerprint density at radius 3 is 2.56 bits per heavy atom. The van der Waals surface area contributed by atoms with Crippen molar-refractivity contribution in [2.24, 2.45) is 11.3 Å². The molecule has 1 aliphatic rings. The van der Waals surface area contributed by atoms with Gasteiger partial charge in [-0.2, -0.15) is 5.26 Å². The molecule has 1 saturated carbocycles. The molecule has 3 atom stereocenters. The molecule has 27 heavy (non-hydrogen) atoms. The minimum Gasteiger partial charge on any atom is -0.353 e. The number of fused-ring (bicyclic) bond motifs is 1. The third-order valence-corrected chi connectivity index (χ3v) is 5.22. The molecule has 1 heterocycles. The Balaban J connectivity index is 1.84. The molecule has 3 rings (SSSR count). The van der Waals surface area contributed by atoms with Gasteiger partial charge >= 0.3 is 0 Å². The van der Waals surface area contributed by atoms with Gasteiger partial charge in [0.05, 0.1) is 11.1 Å². The van der Waals surface area contributed by atoms with Crippen LogP contribution in [0, 0.1) is 22.7 Å². The van der Waals surface area contributed by atoms with Crippen molar-refractivity contribution in [3.05, 3.63) is 35.7 Å². The molecule has 0 bridgehead atoms. The molecule has 1 N–H and O–H groups in total. The standard InChI is InChI=1S/C22H28N4O/c1-14-9-16(11-17(10-14)26-19(27)12-22(2,3)4)18-6-5-15(13-23)20-21(18)25-8-7-24-20/h5-8,14,16-17H,9-12H2,1-4H3,(H,26,27)/t14-,16+,17-/m1/s1. The summed E-state index contributed by atoms with van der Waals surface area (Å²) in [4.78, 5) is 21.3. The smallest absolute Gasteiger partial charge is 0.220 e. The summed E-state index contributed by atoms with van der Waals surface area (Å²) in [6, 6.07) is 6.25. The summed E-state index contributed by atoms with van der Waals surface area (Å²) < 4.78 is 0. The van der Waals surface area contributed by atoms with Gasteiger partial charge in [-0.25, -0.2) is 0 Å². The van der Waals surface area contributed by atoms with Gasteiger partial charge in [0.15, 0.2) is 0 Å². The highest BCUT2D eigenvalue weighted by Gasteiger charge is 2.30. The highest BCUT2D eigenvalue weighted by molar-refractivity contribution is 5.84. The molecule has 1 aromatic carbocycles. The molecular weight excluding hydrogens is 336 g/mol. The number of nitrogens with zero attached hydrogens (tertiary/aromatic N) is 3. The van der Waals surface area contributed by atoms with E-state index in [0.717, 1.165) is 30.3 Å². The van der Waals surface area contributed by atoms with Crippen LogP contribution in [0.4, 0.5) is 0 Å². The molecule has 2 aromatic rings. The largest absolute Gasteiger partial charge is 0.353 e. The topological polar surface area (TPSA) is 78.7 Å². The number of amides is 1. The monoisotopic (exact) mass is 364 g/mol. The number of nitriles is 1. The number of hydrogen-bond donors (Lipinski definition) is 1. The Kier molecular flexibility index (Phi) is 5.46. The maximum absolute atomic E-state index is 12.4. The van der Waals surface area contributed by atoms with Crippen LogP contribution in [-0.2, 0) is 4.79 Å². The van der Waals surface area contributed by atoms with Crippen molar-refractivity contribution in [1.82, 2.24) is 15.3 Å². The molecule has 5 nitrogen and oxygen atoms in total. The normalized spacial score (nSPS) is 23.0. The predicted molar refractivity (Wildman–Crippen MR) is 106 cm³/mol. The summed E-state index contributed by atoms with van der Waals surface area (Å²) in [6.45, 7) is 8.49.